The Labute approximate surface area is 451 Å². The number of allylic oxidation sites excluding steroid dienone is 16. The lowest BCUT2D eigenvalue weighted by Gasteiger charge is -2.18. The van der Waals surface area contributed by atoms with Crippen molar-refractivity contribution >= 4 is 17.9 Å². The van der Waals surface area contributed by atoms with Gasteiger partial charge in [0.15, 0.2) is 6.10 Å². The first-order valence-corrected chi connectivity index (χ1v) is 30.7. The van der Waals surface area contributed by atoms with Gasteiger partial charge in [-0.3, -0.25) is 14.4 Å². The van der Waals surface area contributed by atoms with Gasteiger partial charge in [0.2, 0.25) is 0 Å². The van der Waals surface area contributed by atoms with E-state index in [-0.39, 0.29) is 31.1 Å². The molecule has 0 aliphatic carbocycles. The summed E-state index contributed by atoms with van der Waals surface area (Å²) in [5.41, 5.74) is 0. The Morgan fingerprint density at radius 1 is 0.288 bits per heavy atom. The molecule has 1 atom stereocenters. The minimum Gasteiger partial charge on any atom is -0.462 e. The molecule has 418 valence electrons. The Morgan fingerprint density at radius 3 is 0.877 bits per heavy atom. The number of rotatable bonds is 55. The molecule has 0 saturated carbocycles. The van der Waals surface area contributed by atoms with Crippen molar-refractivity contribution in [3.05, 3.63) is 97.2 Å². The molecule has 0 spiro atoms. The summed E-state index contributed by atoms with van der Waals surface area (Å²) in [7, 11) is 0. The average Bonchev–Trinajstić information content (AvgIpc) is 3.39. The molecule has 6 heteroatoms. The predicted molar refractivity (Wildman–Crippen MR) is 316 cm³/mol. The molecule has 0 aromatic carbocycles. The molecule has 0 rings (SSSR count). The first kappa shape index (κ1) is 69.3. The van der Waals surface area contributed by atoms with Crippen LogP contribution >= 0.6 is 0 Å². The lowest BCUT2D eigenvalue weighted by molar-refractivity contribution is -0.167. The van der Waals surface area contributed by atoms with E-state index < -0.39 is 6.10 Å². The molecule has 0 aliphatic heterocycles. The molecular formula is C67H114O6. The number of hydrogen-bond donors (Lipinski definition) is 0. The highest BCUT2D eigenvalue weighted by atomic mass is 16.6. The zero-order valence-electron chi connectivity index (χ0n) is 47.9. The van der Waals surface area contributed by atoms with Crippen molar-refractivity contribution in [1.29, 1.82) is 0 Å². The monoisotopic (exact) mass is 1010 g/mol. The Hall–Kier alpha value is -3.67. The van der Waals surface area contributed by atoms with Crippen LogP contribution in [0.25, 0.3) is 0 Å². The summed E-state index contributed by atoms with van der Waals surface area (Å²) in [4.78, 5) is 38.2. The van der Waals surface area contributed by atoms with Crippen molar-refractivity contribution < 1.29 is 28.6 Å². The molecule has 0 radical (unpaired) electrons. The molecule has 0 aliphatic rings. The van der Waals surface area contributed by atoms with Crippen molar-refractivity contribution in [3.8, 4) is 0 Å². The van der Waals surface area contributed by atoms with Crippen LogP contribution in [0.3, 0.4) is 0 Å². The van der Waals surface area contributed by atoms with Crippen LogP contribution < -0.4 is 0 Å². The lowest BCUT2D eigenvalue weighted by Crippen LogP contribution is -2.30. The number of ether oxygens (including phenoxy) is 3. The quantitative estimate of drug-likeness (QED) is 0.0261. The number of unbranched alkanes of at least 4 members (excludes halogenated alkanes) is 28. The molecule has 0 aromatic heterocycles. The summed E-state index contributed by atoms with van der Waals surface area (Å²) in [6, 6.07) is 0. The second kappa shape index (κ2) is 60.9. The maximum absolute atomic E-state index is 12.9. The van der Waals surface area contributed by atoms with E-state index in [0.717, 1.165) is 109 Å². The summed E-state index contributed by atoms with van der Waals surface area (Å²) in [5.74, 6) is -0.928. The van der Waals surface area contributed by atoms with E-state index in [0.29, 0.717) is 19.3 Å². The van der Waals surface area contributed by atoms with Crippen LogP contribution in [0.4, 0.5) is 0 Å². The summed E-state index contributed by atoms with van der Waals surface area (Å²) in [6.45, 7) is 6.47. The second-order valence-corrected chi connectivity index (χ2v) is 20.2. The van der Waals surface area contributed by atoms with E-state index >= 15 is 0 Å². The number of carbonyl (C=O) groups excluding carboxylic acids is 3. The fourth-order valence-corrected chi connectivity index (χ4v) is 8.44. The normalized spacial score (nSPS) is 12.8. The topological polar surface area (TPSA) is 78.9 Å². The van der Waals surface area contributed by atoms with Gasteiger partial charge in [0.1, 0.15) is 13.2 Å². The van der Waals surface area contributed by atoms with Gasteiger partial charge in [-0.25, -0.2) is 0 Å². The zero-order valence-corrected chi connectivity index (χ0v) is 47.9. The standard InChI is InChI=1S/C67H114O6/c1-4-7-10-13-16-19-22-25-27-29-31-32-33-34-36-37-39-42-45-48-51-54-57-60-66(69)72-63-64(62-71-65(68)59-56-53-50-47-44-41-24-21-18-15-12-9-6-3)73-67(70)61-58-55-52-49-46-43-40-38-35-30-28-26-23-20-17-14-11-8-5-2/h9,12,17-18,20-22,25-26,28-29,31,33-34,41,44,64H,4-8,10-11,13-16,19,23-24,27,30,32,35-40,42-43,45-63H2,1-3H3/b12-9-,20-17-,21-18-,25-22-,28-26-,31-29-,34-33-,44-41-. The van der Waals surface area contributed by atoms with E-state index in [4.69, 9.17) is 14.2 Å². The van der Waals surface area contributed by atoms with E-state index in [1.54, 1.807) is 0 Å². The van der Waals surface area contributed by atoms with Gasteiger partial charge in [-0.1, -0.05) is 246 Å². The van der Waals surface area contributed by atoms with Crippen LogP contribution in [0.1, 0.15) is 290 Å². The minimum atomic E-state index is -0.797. The molecule has 0 amide bonds. The SMILES string of the molecule is CC/C=C\C/C=C\C/C=C\CCCCCC(=O)OCC(COC(=O)CCCCCCCCCC/C=C\C/C=C\C/C=C\CCCCCCC)OC(=O)CCCCCCCCCCC/C=C\C/C=C\CCCCC. The molecule has 0 heterocycles. The third-order valence-corrected chi connectivity index (χ3v) is 13.0. The van der Waals surface area contributed by atoms with E-state index in [1.807, 2.05) is 0 Å². The molecule has 0 aromatic rings. The average molecular weight is 1020 g/mol. The highest BCUT2D eigenvalue weighted by Gasteiger charge is 2.19. The third kappa shape index (κ3) is 59.1. The number of esters is 3. The van der Waals surface area contributed by atoms with Crippen molar-refractivity contribution in [3.63, 3.8) is 0 Å². The Balaban J connectivity index is 4.38. The molecular weight excluding hydrogens is 901 g/mol. The third-order valence-electron chi connectivity index (χ3n) is 13.0. The molecule has 0 saturated heterocycles. The first-order chi connectivity index (χ1) is 36.0. The van der Waals surface area contributed by atoms with Crippen LogP contribution in [-0.4, -0.2) is 37.2 Å². The van der Waals surface area contributed by atoms with Gasteiger partial charge in [0, 0.05) is 19.3 Å². The molecule has 0 bridgehead atoms. The van der Waals surface area contributed by atoms with Gasteiger partial charge >= 0.3 is 17.9 Å². The minimum absolute atomic E-state index is 0.0928. The molecule has 0 fully saturated rings. The van der Waals surface area contributed by atoms with Crippen molar-refractivity contribution in [2.75, 3.05) is 13.2 Å². The predicted octanol–water partition coefficient (Wildman–Crippen LogP) is 20.9. The summed E-state index contributed by atoms with van der Waals surface area (Å²) in [6.07, 6.45) is 81.2. The van der Waals surface area contributed by atoms with E-state index in [9.17, 15) is 14.4 Å². The highest BCUT2D eigenvalue weighted by molar-refractivity contribution is 5.71. The molecule has 6 nitrogen and oxygen atoms in total. The van der Waals surface area contributed by atoms with Crippen LogP contribution in [0.15, 0.2) is 97.2 Å². The second-order valence-electron chi connectivity index (χ2n) is 20.2. The van der Waals surface area contributed by atoms with E-state index in [2.05, 4.69) is 118 Å². The first-order valence-electron chi connectivity index (χ1n) is 30.7. The molecule has 73 heavy (non-hydrogen) atoms. The summed E-state index contributed by atoms with van der Waals surface area (Å²) in [5, 5.41) is 0. The van der Waals surface area contributed by atoms with Crippen molar-refractivity contribution in [1.82, 2.24) is 0 Å². The smallest absolute Gasteiger partial charge is 0.306 e. The lowest BCUT2D eigenvalue weighted by atomic mass is 10.1. The van der Waals surface area contributed by atoms with Crippen LogP contribution in [0, 0.1) is 0 Å². The van der Waals surface area contributed by atoms with Crippen molar-refractivity contribution in [2.24, 2.45) is 0 Å². The maximum atomic E-state index is 12.9. The maximum Gasteiger partial charge on any atom is 0.306 e. The van der Waals surface area contributed by atoms with Crippen LogP contribution in [-0.2, 0) is 28.6 Å². The Kier molecular flexibility index (Phi) is 57.8. The number of carbonyl (C=O) groups is 3. The summed E-state index contributed by atoms with van der Waals surface area (Å²) < 4.78 is 16.9. The number of hydrogen-bond acceptors (Lipinski definition) is 6. The highest BCUT2D eigenvalue weighted by Crippen LogP contribution is 2.15. The van der Waals surface area contributed by atoms with Gasteiger partial charge in [-0.05, 0) is 122 Å². The fourth-order valence-electron chi connectivity index (χ4n) is 8.44. The van der Waals surface area contributed by atoms with Gasteiger partial charge in [-0.2, -0.15) is 0 Å². The molecule has 0 N–H and O–H groups in total. The van der Waals surface area contributed by atoms with Gasteiger partial charge in [0.05, 0.1) is 0 Å². The van der Waals surface area contributed by atoms with Gasteiger partial charge in [-0.15, -0.1) is 0 Å². The van der Waals surface area contributed by atoms with Crippen LogP contribution in [0.5, 0.6) is 0 Å². The van der Waals surface area contributed by atoms with Crippen LogP contribution in [0.2, 0.25) is 0 Å². The van der Waals surface area contributed by atoms with E-state index in [1.165, 1.54) is 141 Å². The zero-order chi connectivity index (χ0) is 52.9. The Morgan fingerprint density at radius 2 is 0.534 bits per heavy atom. The Bertz CT molecular complexity index is 1440. The molecule has 1 unspecified atom stereocenters. The van der Waals surface area contributed by atoms with Crippen molar-refractivity contribution in [2.45, 2.75) is 297 Å². The largest absolute Gasteiger partial charge is 0.462 e. The fraction of sp³-hybridized carbons (Fsp3) is 0.716. The van der Waals surface area contributed by atoms with Gasteiger partial charge < -0.3 is 14.2 Å². The summed E-state index contributed by atoms with van der Waals surface area (Å²) >= 11 is 0. The van der Waals surface area contributed by atoms with Gasteiger partial charge in [0.25, 0.3) is 0 Å².